The van der Waals surface area contributed by atoms with E-state index in [9.17, 15) is 82.4 Å². The van der Waals surface area contributed by atoms with E-state index in [1.54, 1.807) is 52.9 Å². The van der Waals surface area contributed by atoms with Crippen LogP contribution < -0.4 is 59.3 Å². The second kappa shape index (κ2) is 48.1. The smallest absolute Gasteiger partial charge is 0.317 e. The zero-order chi connectivity index (χ0) is 76.1. The standard InChI is InChI=1S/C67H106N18O17S.Y/c1-41(2)30-50(65(100)78-48(61(69)96)19-29-103-6)79-66(101)52(32-45-34-70-40-74-45)77-55(88)35-73-67(102)60(42(3)4)81-62(97)43(5)75-64(99)51(31-44-33-72-47-15-12-11-14-46(44)47)80-63(98)49(17-18-53(68)86)76-54(87)16-10-8-7-9-13-20-71-56(89)36-82-21-23-83(37-57(90)91)25-27-85(39-59(94)95)28-26-84(24-22-82)38-58(92)93;/h11-12,14-15,33-34,40-43,48-52,60,72H,7-10,13,16-32,35-39H2,1-6H3,(H2,68,86)(H2,69,96)(H,70,74)(H,71,89)(H,73,102)(H,75,99)(H,76,87)(H,77,88)(H,78,100)(H,79,101)(H,80,98)(H,81,97)(H,90,91)(H,92,93)(H,94,95);/t43-,48-,49-,50-,51-,52-,60-;/m0./s1/i;1+1. The maximum atomic E-state index is 14.4. The van der Waals surface area contributed by atoms with Crippen LogP contribution in [0.4, 0.5) is 0 Å². The van der Waals surface area contributed by atoms with E-state index >= 15 is 0 Å². The molecule has 0 unspecified atom stereocenters. The zero-order valence-corrected chi connectivity index (χ0v) is 63.9. The van der Waals surface area contributed by atoms with Crippen LogP contribution >= 0.6 is 11.8 Å². The number of hydrogen-bond donors (Lipinski definition) is 16. The third-order valence-corrected chi connectivity index (χ3v) is 17.6. The topological polar surface area (TPSA) is 517 Å². The minimum absolute atomic E-state index is 0. The first-order valence-corrected chi connectivity index (χ1v) is 36.1. The first-order valence-electron chi connectivity index (χ1n) is 34.7. The van der Waals surface area contributed by atoms with Gasteiger partial charge in [0, 0.05) is 146 Å². The van der Waals surface area contributed by atoms with Gasteiger partial charge in [-0.3, -0.25) is 86.7 Å². The molecule has 18 N–H and O–H groups in total. The third-order valence-electron chi connectivity index (χ3n) is 17.0. The van der Waals surface area contributed by atoms with Gasteiger partial charge in [-0.25, -0.2) is 4.98 Å². The molecule has 35 nitrogen and oxygen atoms in total. The number of carboxylic acids is 3. The molecule has 575 valence electrons. The second-order valence-corrected chi connectivity index (χ2v) is 27.4. The molecular formula is C67H106N18O17SY. The van der Waals surface area contributed by atoms with Gasteiger partial charge in [0.2, 0.25) is 65.0 Å². The fourth-order valence-corrected chi connectivity index (χ4v) is 11.8. The molecule has 104 heavy (non-hydrogen) atoms. The second-order valence-electron chi connectivity index (χ2n) is 26.4. The number of nitrogens with two attached hydrogens (primary N) is 2. The molecule has 11 amide bonds. The molecule has 1 fully saturated rings. The molecule has 3 heterocycles. The van der Waals surface area contributed by atoms with E-state index < -0.39 is 132 Å². The van der Waals surface area contributed by atoms with Crippen molar-refractivity contribution in [3.63, 3.8) is 0 Å². The van der Waals surface area contributed by atoms with Crippen molar-refractivity contribution in [3.8, 4) is 0 Å². The van der Waals surface area contributed by atoms with Crippen LogP contribution in [0.5, 0.6) is 0 Å². The van der Waals surface area contributed by atoms with Gasteiger partial charge >= 0.3 is 17.9 Å². The molecule has 0 saturated carbocycles. The van der Waals surface area contributed by atoms with Gasteiger partial charge in [0.15, 0.2) is 0 Å². The Morgan fingerprint density at radius 3 is 1.61 bits per heavy atom. The van der Waals surface area contributed by atoms with Crippen molar-refractivity contribution < 1.29 is 115 Å². The molecular weight excluding hydrogens is 1450 g/mol. The Kier molecular flexibility index (Phi) is 41.6. The average Bonchev–Trinajstić information content (AvgIpc) is 1.67. The molecule has 1 aliphatic rings. The number of aromatic amines is 2. The average molecular weight is 1560 g/mol. The van der Waals surface area contributed by atoms with Gasteiger partial charge in [0.1, 0.15) is 42.3 Å². The molecule has 0 bridgehead atoms. The Hall–Kier alpha value is -8.16. The fraction of sp³-hybridized carbons (Fsp3) is 0.627. The minimum Gasteiger partial charge on any atom is -0.480 e. The number of carboxylic acid groups (broad SMARTS) is 3. The van der Waals surface area contributed by atoms with Crippen molar-refractivity contribution >= 4 is 106 Å². The molecule has 0 aliphatic carbocycles. The van der Waals surface area contributed by atoms with Gasteiger partial charge in [-0.15, -0.1) is 0 Å². The van der Waals surface area contributed by atoms with E-state index in [0.717, 1.165) is 10.9 Å². The summed E-state index contributed by atoms with van der Waals surface area (Å²) in [5.74, 6) is -11.1. The first-order chi connectivity index (χ1) is 48.9. The van der Waals surface area contributed by atoms with Crippen LogP contribution in [0.3, 0.4) is 0 Å². The molecule has 1 radical (unpaired) electrons. The maximum absolute atomic E-state index is 14.4. The van der Waals surface area contributed by atoms with Gasteiger partial charge in [-0.1, -0.05) is 65.2 Å². The molecule has 1 saturated heterocycles. The summed E-state index contributed by atoms with van der Waals surface area (Å²) in [6, 6.07) is -1.55. The van der Waals surface area contributed by atoms with Gasteiger partial charge in [0.05, 0.1) is 39.1 Å². The Morgan fingerprint density at radius 1 is 0.538 bits per heavy atom. The summed E-state index contributed by atoms with van der Waals surface area (Å²) in [5, 5.41) is 53.2. The van der Waals surface area contributed by atoms with Crippen LogP contribution in [0, 0.1) is 11.8 Å². The number of carbonyl (C=O) groups is 14. The number of carbonyl (C=O) groups excluding carboxylic acids is 11. The largest absolute Gasteiger partial charge is 0.480 e. The molecule has 0 spiro atoms. The van der Waals surface area contributed by atoms with E-state index in [1.807, 2.05) is 31.1 Å². The van der Waals surface area contributed by atoms with Crippen LogP contribution in [0.1, 0.15) is 110 Å². The molecule has 3 aromatic rings. The van der Waals surface area contributed by atoms with Crippen LogP contribution in [0.25, 0.3) is 10.9 Å². The Morgan fingerprint density at radius 2 is 1.06 bits per heavy atom. The van der Waals surface area contributed by atoms with Gasteiger partial charge in [-0.2, -0.15) is 11.8 Å². The van der Waals surface area contributed by atoms with Gasteiger partial charge in [0.25, 0.3) is 0 Å². The van der Waals surface area contributed by atoms with Crippen molar-refractivity contribution in [1.82, 2.24) is 82.4 Å². The number of nitrogens with one attached hydrogen (secondary N) is 11. The van der Waals surface area contributed by atoms with Crippen LogP contribution in [-0.4, -0.2) is 279 Å². The molecule has 2 aromatic heterocycles. The van der Waals surface area contributed by atoms with E-state index in [0.29, 0.717) is 55.7 Å². The Balaban J connectivity index is 0.0000281. The number of nitrogens with zero attached hydrogens (tertiary/aromatic N) is 5. The fourth-order valence-electron chi connectivity index (χ4n) is 11.3. The molecule has 1 aliphatic heterocycles. The number of rotatable bonds is 45. The van der Waals surface area contributed by atoms with Gasteiger partial charge in [-0.05, 0) is 74.5 Å². The van der Waals surface area contributed by atoms with Gasteiger partial charge < -0.3 is 84.6 Å². The van der Waals surface area contributed by atoms with Crippen molar-refractivity contribution in [3.05, 3.63) is 54.2 Å². The number of imidazole rings is 1. The van der Waals surface area contributed by atoms with Crippen LogP contribution in [0.15, 0.2) is 43.0 Å². The number of thioether (sulfide) groups is 1. The number of benzene rings is 1. The zero-order valence-electron chi connectivity index (χ0n) is 60.3. The van der Waals surface area contributed by atoms with Crippen molar-refractivity contribution in [2.75, 3.05) is 104 Å². The summed E-state index contributed by atoms with van der Waals surface area (Å²) in [5.41, 5.74) is 12.8. The Bertz CT molecular complexity index is 3280. The summed E-state index contributed by atoms with van der Waals surface area (Å²) < 4.78 is 0. The summed E-state index contributed by atoms with van der Waals surface area (Å²) >= 11 is 1.46. The number of hydrogen-bond acceptors (Lipinski definition) is 20. The van der Waals surface area contributed by atoms with Crippen LogP contribution in [-0.2, 0) is 113 Å². The number of aliphatic carboxylic acids is 3. The van der Waals surface area contributed by atoms with Crippen LogP contribution in [0.2, 0.25) is 0 Å². The monoisotopic (exact) mass is 1560 g/mol. The Labute approximate surface area is 634 Å². The predicted molar refractivity (Wildman–Crippen MR) is 381 cm³/mol. The SMILES string of the molecule is CSCC[C@H](NC(=O)[C@H](CC(C)C)NC(=O)[C@H](Cc1cnc[nH]1)NC(=O)CNC(=O)[C@@H](NC(=O)[C@H](C)NC(=O)[C@H](Cc1c[nH]c2ccccc12)NC(=O)[C@H](CCC(N)=O)NC(=O)CCCCCCCNC(=O)CN1CCN(CC(=O)O)CCN(CC(=O)O)CCN(CC(=O)O)CC1)C(C)C)C(N)=O.[90Y]. The van der Waals surface area contributed by atoms with E-state index in [-0.39, 0.29) is 168 Å². The van der Waals surface area contributed by atoms with Crippen molar-refractivity contribution in [2.45, 2.75) is 154 Å². The van der Waals surface area contributed by atoms with E-state index in [4.69, 9.17) is 11.5 Å². The van der Waals surface area contributed by atoms with E-state index in [1.165, 1.54) is 31.2 Å². The molecule has 4 rings (SSSR count). The normalized spacial score (nSPS) is 15.5. The third kappa shape index (κ3) is 35.1. The van der Waals surface area contributed by atoms with Crippen molar-refractivity contribution in [1.29, 1.82) is 0 Å². The van der Waals surface area contributed by atoms with E-state index in [2.05, 4.69) is 62.8 Å². The maximum Gasteiger partial charge on any atom is 0.317 e. The number of aromatic nitrogens is 3. The number of amides is 11. The predicted octanol–water partition coefficient (Wildman–Crippen LogP) is -2.66. The first kappa shape index (κ1) is 90.1. The summed E-state index contributed by atoms with van der Waals surface area (Å²) in [6.07, 6.45) is 8.94. The number of primary amides is 2. The summed E-state index contributed by atoms with van der Waals surface area (Å²) in [6.45, 7) is 9.09. The number of para-hydroxylation sites is 1. The number of unbranched alkanes of at least 4 members (excludes halogenated alkanes) is 4. The number of H-pyrrole nitrogens is 2. The summed E-state index contributed by atoms with van der Waals surface area (Å²) in [7, 11) is 0. The molecule has 7 atom stereocenters. The summed E-state index contributed by atoms with van der Waals surface area (Å²) in [4.78, 5) is 200. The van der Waals surface area contributed by atoms with Crippen molar-refractivity contribution in [2.24, 2.45) is 23.3 Å². The molecule has 37 heteroatoms. The molecule has 1 aromatic carbocycles. The quantitative estimate of drug-likeness (QED) is 0.0257. The number of fused-ring (bicyclic) bond motifs is 1. The minimum atomic E-state index is -1.39.